The van der Waals surface area contributed by atoms with Crippen molar-refractivity contribution in [2.45, 2.75) is 13.8 Å². The van der Waals surface area contributed by atoms with Crippen molar-refractivity contribution < 1.29 is 14.3 Å². The number of carbonyl (C=O) groups is 1. The number of aromatic hydroxyl groups is 1. The summed E-state index contributed by atoms with van der Waals surface area (Å²) in [6, 6.07) is 6.54. The molecule has 1 N–H and O–H groups in total. The van der Waals surface area contributed by atoms with E-state index in [1.54, 1.807) is 25.1 Å². The van der Waals surface area contributed by atoms with Crippen molar-refractivity contribution in [3.8, 4) is 5.75 Å². The monoisotopic (exact) mass is 246 g/mol. The second kappa shape index (κ2) is 4.91. The van der Waals surface area contributed by atoms with Gasteiger partial charge in [-0.3, -0.25) is 4.79 Å². The Bertz CT molecular complexity index is 563. The summed E-state index contributed by atoms with van der Waals surface area (Å²) in [6.07, 6.45) is 1.25. The van der Waals surface area contributed by atoms with Crippen LogP contribution in [0.3, 0.4) is 0 Å². The normalized spacial score (nSPS) is 10.3. The third kappa shape index (κ3) is 2.20. The van der Waals surface area contributed by atoms with Gasteiger partial charge in [0.25, 0.3) is 5.91 Å². The van der Waals surface area contributed by atoms with Crippen LogP contribution in [0.2, 0.25) is 0 Å². The molecule has 1 aromatic carbocycles. The van der Waals surface area contributed by atoms with Gasteiger partial charge in [-0.2, -0.15) is 0 Å². The van der Waals surface area contributed by atoms with Crippen molar-refractivity contribution in [1.29, 1.82) is 0 Å². The molecule has 1 heterocycles. The number of hydrogen-bond acceptors (Lipinski definition) is 4. The number of rotatable bonds is 3. The summed E-state index contributed by atoms with van der Waals surface area (Å²) in [4.78, 5) is 17.7. The van der Waals surface area contributed by atoms with Gasteiger partial charge in [0.05, 0.1) is 5.69 Å². The molecule has 1 amide bonds. The number of amides is 1. The molecule has 1 aromatic heterocycles. The highest BCUT2D eigenvalue weighted by molar-refractivity contribution is 6.04. The van der Waals surface area contributed by atoms with Crippen LogP contribution >= 0.6 is 0 Å². The maximum Gasteiger partial charge on any atom is 0.295 e. The summed E-state index contributed by atoms with van der Waals surface area (Å²) in [7, 11) is 0. The van der Waals surface area contributed by atoms with Crippen molar-refractivity contribution >= 4 is 11.6 Å². The van der Waals surface area contributed by atoms with Gasteiger partial charge in [0, 0.05) is 18.3 Å². The lowest BCUT2D eigenvalue weighted by Gasteiger charge is -2.20. The second-order valence-corrected chi connectivity index (χ2v) is 3.84. The number of aromatic nitrogens is 1. The highest BCUT2D eigenvalue weighted by Crippen LogP contribution is 2.22. The minimum atomic E-state index is -0.266. The smallest absolute Gasteiger partial charge is 0.295 e. The van der Waals surface area contributed by atoms with Crippen LogP contribution in [-0.2, 0) is 0 Å². The number of phenolic OH excluding ortho intramolecular Hbond substituents is 1. The molecule has 5 nitrogen and oxygen atoms in total. The fourth-order valence-electron chi connectivity index (χ4n) is 1.73. The van der Waals surface area contributed by atoms with Crippen molar-refractivity contribution in [3.05, 3.63) is 42.1 Å². The van der Waals surface area contributed by atoms with Crippen LogP contribution in [-0.4, -0.2) is 22.5 Å². The highest BCUT2D eigenvalue weighted by Gasteiger charge is 2.21. The summed E-state index contributed by atoms with van der Waals surface area (Å²) in [6.45, 7) is 4.04. The molecule has 0 saturated heterocycles. The average Bonchev–Trinajstić information content (AvgIpc) is 2.76. The summed E-state index contributed by atoms with van der Waals surface area (Å²) in [5.74, 6) is 0.0753. The van der Waals surface area contributed by atoms with E-state index in [1.807, 2.05) is 6.92 Å². The molecule has 0 unspecified atom stereocenters. The third-order valence-electron chi connectivity index (χ3n) is 2.64. The van der Waals surface area contributed by atoms with Gasteiger partial charge in [-0.25, -0.2) is 4.98 Å². The minimum Gasteiger partial charge on any atom is -0.508 e. The first-order valence-corrected chi connectivity index (χ1v) is 5.64. The number of benzene rings is 1. The molecule has 0 radical (unpaired) electrons. The molecule has 0 aliphatic rings. The molecule has 18 heavy (non-hydrogen) atoms. The lowest BCUT2D eigenvalue weighted by Crippen LogP contribution is -2.30. The number of carbonyl (C=O) groups excluding carboxylic acids is 1. The molecule has 2 rings (SSSR count). The van der Waals surface area contributed by atoms with Gasteiger partial charge >= 0.3 is 0 Å². The SMILES string of the molecule is CCN(C(=O)c1ocnc1C)c1cccc(O)c1. The minimum absolute atomic E-state index is 0.119. The van der Waals surface area contributed by atoms with Crippen molar-refractivity contribution in [3.63, 3.8) is 0 Å². The van der Waals surface area contributed by atoms with E-state index in [9.17, 15) is 9.90 Å². The number of anilines is 1. The zero-order chi connectivity index (χ0) is 13.1. The first-order valence-electron chi connectivity index (χ1n) is 5.64. The molecule has 0 fully saturated rings. The van der Waals surface area contributed by atoms with E-state index in [0.717, 1.165) is 0 Å². The summed E-state index contributed by atoms with van der Waals surface area (Å²) >= 11 is 0. The molecule has 0 bridgehead atoms. The molecule has 0 spiro atoms. The number of phenols is 1. The van der Waals surface area contributed by atoms with Crippen LogP contribution in [0.15, 0.2) is 35.1 Å². The van der Waals surface area contributed by atoms with Gasteiger partial charge < -0.3 is 14.4 Å². The Labute approximate surface area is 105 Å². The molecule has 2 aromatic rings. The van der Waals surface area contributed by atoms with Crippen molar-refractivity contribution in [1.82, 2.24) is 4.98 Å². The lowest BCUT2D eigenvalue weighted by molar-refractivity contribution is 0.0961. The Kier molecular flexibility index (Phi) is 3.32. The molecular weight excluding hydrogens is 232 g/mol. The average molecular weight is 246 g/mol. The molecule has 0 aliphatic carbocycles. The van der Waals surface area contributed by atoms with Crippen LogP contribution in [0.25, 0.3) is 0 Å². The van der Waals surface area contributed by atoms with Crippen LogP contribution in [0.4, 0.5) is 5.69 Å². The molecule has 0 saturated carbocycles. The molecule has 5 heteroatoms. The van der Waals surface area contributed by atoms with Gasteiger partial charge in [0.2, 0.25) is 5.76 Å². The summed E-state index contributed by atoms with van der Waals surface area (Å²) < 4.78 is 5.10. The van der Waals surface area contributed by atoms with Crippen LogP contribution in [0.1, 0.15) is 23.2 Å². The van der Waals surface area contributed by atoms with E-state index in [0.29, 0.717) is 17.9 Å². The number of aryl methyl sites for hydroxylation is 1. The van der Waals surface area contributed by atoms with E-state index in [1.165, 1.54) is 17.4 Å². The number of nitrogens with zero attached hydrogens (tertiary/aromatic N) is 2. The van der Waals surface area contributed by atoms with E-state index in [4.69, 9.17) is 4.42 Å². The Morgan fingerprint density at radius 3 is 2.83 bits per heavy atom. The van der Waals surface area contributed by atoms with Crippen LogP contribution < -0.4 is 4.90 Å². The predicted molar refractivity (Wildman–Crippen MR) is 66.7 cm³/mol. The maximum absolute atomic E-state index is 12.3. The second-order valence-electron chi connectivity index (χ2n) is 3.84. The van der Waals surface area contributed by atoms with Gasteiger partial charge in [-0.15, -0.1) is 0 Å². The Morgan fingerprint density at radius 2 is 2.28 bits per heavy atom. The Balaban J connectivity index is 2.35. The van der Waals surface area contributed by atoms with Crippen molar-refractivity contribution in [2.75, 3.05) is 11.4 Å². The van der Waals surface area contributed by atoms with Crippen LogP contribution in [0.5, 0.6) is 5.75 Å². The number of oxazole rings is 1. The van der Waals surface area contributed by atoms with Crippen molar-refractivity contribution in [2.24, 2.45) is 0 Å². The third-order valence-corrected chi connectivity index (χ3v) is 2.64. The lowest BCUT2D eigenvalue weighted by atomic mass is 10.2. The van der Waals surface area contributed by atoms with E-state index >= 15 is 0 Å². The fraction of sp³-hybridized carbons (Fsp3) is 0.231. The van der Waals surface area contributed by atoms with Gasteiger partial charge in [0.15, 0.2) is 6.39 Å². The zero-order valence-corrected chi connectivity index (χ0v) is 10.3. The van der Waals surface area contributed by atoms with Crippen LogP contribution in [0, 0.1) is 6.92 Å². The highest BCUT2D eigenvalue weighted by atomic mass is 16.3. The standard InChI is InChI=1S/C13H14N2O3/c1-3-15(10-5-4-6-11(16)7-10)13(17)12-9(2)14-8-18-12/h4-8,16H,3H2,1-2H3. The quantitative estimate of drug-likeness (QED) is 0.902. The number of hydrogen-bond donors (Lipinski definition) is 1. The van der Waals surface area contributed by atoms with E-state index < -0.39 is 0 Å². The predicted octanol–water partition coefficient (Wildman–Crippen LogP) is 2.36. The largest absolute Gasteiger partial charge is 0.508 e. The molecule has 94 valence electrons. The molecular formula is C13H14N2O3. The molecule has 0 atom stereocenters. The van der Waals surface area contributed by atoms with Gasteiger partial charge in [-0.1, -0.05) is 6.07 Å². The summed E-state index contributed by atoms with van der Waals surface area (Å²) in [5.41, 5.74) is 1.18. The maximum atomic E-state index is 12.3. The zero-order valence-electron chi connectivity index (χ0n) is 10.3. The summed E-state index contributed by atoms with van der Waals surface area (Å²) in [5, 5.41) is 9.45. The first-order chi connectivity index (χ1) is 8.63. The molecule has 0 aliphatic heterocycles. The van der Waals surface area contributed by atoms with E-state index in [2.05, 4.69) is 4.98 Å². The Hall–Kier alpha value is -2.30. The Morgan fingerprint density at radius 1 is 1.50 bits per heavy atom. The fourth-order valence-corrected chi connectivity index (χ4v) is 1.73. The topological polar surface area (TPSA) is 66.6 Å². The first kappa shape index (κ1) is 12.2. The van der Waals surface area contributed by atoms with Gasteiger partial charge in [-0.05, 0) is 26.0 Å². The van der Waals surface area contributed by atoms with Gasteiger partial charge in [0.1, 0.15) is 5.75 Å². The van der Waals surface area contributed by atoms with E-state index in [-0.39, 0.29) is 17.4 Å².